The fourth-order valence-corrected chi connectivity index (χ4v) is 8.94. The van der Waals surface area contributed by atoms with E-state index in [1.54, 1.807) is 0 Å². The molecule has 1 unspecified atom stereocenters. The second-order valence-electron chi connectivity index (χ2n) is 16.0. The van der Waals surface area contributed by atoms with Crippen LogP contribution in [0.15, 0.2) is 71.9 Å². The monoisotopic (exact) mass is 661 g/mol. The standard InChI is InChI=1S/C45H72O3/c1-7-8-9-10-11-12-13-14-15-16-17-18-19-20-21-27-43(47)48-42-34-41-38(29-30-39-33-40(46)31-28-36(39)4)26-23-32-45(41,6)44(42)37(5)25-22-24-35(2)3/h8-9,11-12,14-15,29-30,35,37,40-42,44,46H,4,7,10,13,16-28,31-34H2,1-3,5-6H3/b9-8-,12-11-,15-14-,38-29+,39-30+/t37-,40+,41+,42?,44+,45-/m1/s1. The maximum absolute atomic E-state index is 13.3. The molecule has 3 saturated carbocycles. The Bertz CT molecular complexity index is 1120. The highest BCUT2D eigenvalue weighted by atomic mass is 16.5. The topological polar surface area (TPSA) is 46.5 Å². The van der Waals surface area contributed by atoms with Crippen LogP contribution in [0.4, 0.5) is 0 Å². The number of fused-ring (bicyclic) bond motifs is 1. The lowest BCUT2D eigenvalue weighted by Crippen LogP contribution is -2.39. The number of esters is 1. The lowest BCUT2D eigenvalue weighted by molar-refractivity contribution is -0.153. The Morgan fingerprint density at radius 2 is 1.65 bits per heavy atom. The van der Waals surface area contributed by atoms with E-state index in [1.165, 1.54) is 68.1 Å². The largest absolute Gasteiger partial charge is 0.462 e. The van der Waals surface area contributed by atoms with Gasteiger partial charge in [0.1, 0.15) is 6.10 Å². The maximum Gasteiger partial charge on any atom is 0.306 e. The van der Waals surface area contributed by atoms with Crippen molar-refractivity contribution in [2.75, 3.05) is 0 Å². The SMILES string of the molecule is C=C1CC[C@H](O)C/C1=C\C=C1/CCC[C@@]2(C)[C@@H]([C@H](C)CCCC(C)C)C(OC(=O)CCCCCCC/C=C\C/C=C\C/C=C\CC)C[C@@H]12. The van der Waals surface area contributed by atoms with Gasteiger partial charge in [-0.15, -0.1) is 0 Å². The van der Waals surface area contributed by atoms with Gasteiger partial charge in [-0.05, 0) is 112 Å². The van der Waals surface area contributed by atoms with E-state index < -0.39 is 0 Å². The zero-order valence-electron chi connectivity index (χ0n) is 31.7. The molecule has 0 aromatic heterocycles. The number of allylic oxidation sites excluding steroid dienone is 10. The van der Waals surface area contributed by atoms with Crippen molar-refractivity contribution in [2.24, 2.45) is 29.1 Å². The lowest BCUT2D eigenvalue weighted by atomic mass is 9.60. The Hall–Kier alpha value is -2.13. The molecule has 3 rings (SSSR count). The number of carbonyl (C=O) groups excluding carboxylic acids is 1. The number of unbranched alkanes of at least 4 members (excludes halogenated alkanes) is 5. The van der Waals surface area contributed by atoms with E-state index >= 15 is 0 Å². The molecule has 48 heavy (non-hydrogen) atoms. The summed E-state index contributed by atoms with van der Waals surface area (Å²) in [5, 5.41) is 10.3. The summed E-state index contributed by atoms with van der Waals surface area (Å²) in [6.07, 6.45) is 39.1. The minimum Gasteiger partial charge on any atom is -0.462 e. The van der Waals surface area contributed by atoms with E-state index in [0.29, 0.717) is 30.6 Å². The first-order chi connectivity index (χ1) is 23.2. The Morgan fingerprint density at radius 3 is 2.40 bits per heavy atom. The first-order valence-electron chi connectivity index (χ1n) is 20.1. The molecule has 3 nitrogen and oxygen atoms in total. The molecule has 0 heterocycles. The molecule has 6 atom stereocenters. The van der Waals surface area contributed by atoms with Gasteiger partial charge in [-0.3, -0.25) is 4.79 Å². The van der Waals surface area contributed by atoms with E-state index in [9.17, 15) is 9.90 Å². The van der Waals surface area contributed by atoms with Gasteiger partial charge in [-0.1, -0.05) is 139 Å². The van der Waals surface area contributed by atoms with Crippen LogP contribution in [-0.2, 0) is 9.53 Å². The number of aliphatic hydroxyl groups excluding tert-OH is 1. The average Bonchev–Trinajstić information content (AvgIpc) is 3.34. The normalized spacial score (nSPS) is 28.9. The van der Waals surface area contributed by atoms with Crippen LogP contribution >= 0.6 is 0 Å². The number of carbonyl (C=O) groups is 1. The van der Waals surface area contributed by atoms with Gasteiger partial charge in [0, 0.05) is 12.3 Å². The number of aliphatic hydroxyl groups is 1. The predicted octanol–water partition coefficient (Wildman–Crippen LogP) is 12.7. The summed E-state index contributed by atoms with van der Waals surface area (Å²) in [4.78, 5) is 13.3. The van der Waals surface area contributed by atoms with Gasteiger partial charge in [0.2, 0.25) is 0 Å². The molecule has 3 heteroatoms. The third-order valence-corrected chi connectivity index (χ3v) is 11.6. The molecule has 0 amide bonds. The van der Waals surface area contributed by atoms with E-state index in [-0.39, 0.29) is 23.6 Å². The van der Waals surface area contributed by atoms with Gasteiger partial charge in [0.05, 0.1) is 6.10 Å². The zero-order chi connectivity index (χ0) is 34.8. The number of ether oxygens (including phenoxy) is 1. The second kappa shape index (κ2) is 21.8. The van der Waals surface area contributed by atoms with Crippen molar-refractivity contribution >= 4 is 5.97 Å². The van der Waals surface area contributed by atoms with Crippen molar-refractivity contribution in [1.82, 2.24) is 0 Å². The fourth-order valence-electron chi connectivity index (χ4n) is 8.94. The quantitative estimate of drug-likeness (QED) is 0.0803. The molecule has 0 aromatic carbocycles. The molecule has 0 aliphatic heterocycles. The van der Waals surface area contributed by atoms with Crippen molar-refractivity contribution in [3.8, 4) is 0 Å². The maximum atomic E-state index is 13.3. The highest BCUT2D eigenvalue weighted by molar-refractivity contribution is 5.69. The van der Waals surface area contributed by atoms with Crippen LogP contribution in [0.1, 0.15) is 163 Å². The molecule has 0 radical (unpaired) electrons. The van der Waals surface area contributed by atoms with Crippen LogP contribution in [0.25, 0.3) is 0 Å². The van der Waals surface area contributed by atoms with E-state index in [2.05, 4.69) is 89.8 Å². The van der Waals surface area contributed by atoms with Crippen LogP contribution in [0.2, 0.25) is 0 Å². The molecular formula is C45H72O3. The first kappa shape index (κ1) is 40.3. The average molecular weight is 661 g/mol. The van der Waals surface area contributed by atoms with Crippen LogP contribution in [-0.4, -0.2) is 23.3 Å². The van der Waals surface area contributed by atoms with Crippen molar-refractivity contribution in [3.63, 3.8) is 0 Å². The number of rotatable bonds is 20. The van der Waals surface area contributed by atoms with Gasteiger partial charge in [0.15, 0.2) is 0 Å². The van der Waals surface area contributed by atoms with Crippen molar-refractivity contribution in [1.29, 1.82) is 0 Å². The predicted molar refractivity (Wildman–Crippen MR) is 206 cm³/mol. The van der Waals surface area contributed by atoms with Crippen LogP contribution in [0, 0.1) is 29.1 Å². The Kier molecular flexibility index (Phi) is 18.3. The van der Waals surface area contributed by atoms with Crippen LogP contribution in [0.3, 0.4) is 0 Å². The molecule has 0 saturated heterocycles. The van der Waals surface area contributed by atoms with Gasteiger partial charge in [0.25, 0.3) is 0 Å². The third kappa shape index (κ3) is 13.3. The molecule has 3 fully saturated rings. The lowest BCUT2D eigenvalue weighted by Gasteiger charge is -2.44. The van der Waals surface area contributed by atoms with Crippen molar-refractivity contribution in [3.05, 3.63) is 71.9 Å². The van der Waals surface area contributed by atoms with Gasteiger partial charge < -0.3 is 9.84 Å². The summed E-state index contributed by atoms with van der Waals surface area (Å²) in [6, 6.07) is 0. The summed E-state index contributed by atoms with van der Waals surface area (Å²) < 4.78 is 6.48. The fraction of sp³-hybridized carbons (Fsp3) is 0.711. The number of hydrogen-bond donors (Lipinski definition) is 1. The minimum atomic E-state index is -0.249. The molecule has 3 aliphatic rings. The van der Waals surface area contributed by atoms with Crippen LogP contribution in [0.5, 0.6) is 0 Å². The summed E-state index contributed by atoms with van der Waals surface area (Å²) >= 11 is 0. The molecule has 1 N–H and O–H groups in total. The molecular weight excluding hydrogens is 588 g/mol. The van der Waals surface area contributed by atoms with E-state index in [1.807, 2.05) is 0 Å². The smallest absolute Gasteiger partial charge is 0.306 e. The van der Waals surface area contributed by atoms with E-state index in [0.717, 1.165) is 70.1 Å². The highest BCUT2D eigenvalue weighted by Gasteiger charge is 2.56. The van der Waals surface area contributed by atoms with E-state index in [4.69, 9.17) is 4.74 Å². The summed E-state index contributed by atoms with van der Waals surface area (Å²) in [7, 11) is 0. The number of hydrogen-bond acceptors (Lipinski definition) is 3. The summed E-state index contributed by atoms with van der Waals surface area (Å²) in [5.74, 6) is 2.14. The Labute approximate surface area is 296 Å². The summed E-state index contributed by atoms with van der Waals surface area (Å²) in [5.41, 5.74) is 4.07. The molecule has 0 aromatic rings. The van der Waals surface area contributed by atoms with Gasteiger partial charge in [-0.2, -0.15) is 0 Å². The Morgan fingerprint density at radius 1 is 0.938 bits per heavy atom. The van der Waals surface area contributed by atoms with Crippen molar-refractivity contribution in [2.45, 2.75) is 175 Å². The molecule has 0 bridgehead atoms. The van der Waals surface area contributed by atoms with Crippen LogP contribution < -0.4 is 0 Å². The minimum absolute atomic E-state index is 0.0107. The molecule has 0 spiro atoms. The van der Waals surface area contributed by atoms with Gasteiger partial charge >= 0.3 is 5.97 Å². The third-order valence-electron chi connectivity index (χ3n) is 11.6. The Balaban J connectivity index is 1.51. The second-order valence-corrected chi connectivity index (χ2v) is 16.0. The highest BCUT2D eigenvalue weighted by Crippen LogP contribution is 2.60. The summed E-state index contributed by atoms with van der Waals surface area (Å²) in [6.45, 7) is 16.0. The molecule has 270 valence electrons. The molecule has 3 aliphatic carbocycles. The van der Waals surface area contributed by atoms with Gasteiger partial charge in [-0.25, -0.2) is 0 Å². The first-order valence-corrected chi connectivity index (χ1v) is 20.1. The zero-order valence-corrected chi connectivity index (χ0v) is 31.7. The van der Waals surface area contributed by atoms with Crippen molar-refractivity contribution < 1.29 is 14.6 Å².